The summed E-state index contributed by atoms with van der Waals surface area (Å²) < 4.78 is 5.44. The lowest BCUT2D eigenvalue weighted by Crippen LogP contribution is -2.42. The number of hydrogen-bond donors (Lipinski definition) is 1. The van der Waals surface area contributed by atoms with E-state index in [1.165, 1.54) is 4.90 Å². The van der Waals surface area contributed by atoms with E-state index in [1.54, 1.807) is 20.8 Å². The van der Waals surface area contributed by atoms with E-state index in [1.807, 2.05) is 60.7 Å². The predicted octanol–water partition coefficient (Wildman–Crippen LogP) is 3.74. The van der Waals surface area contributed by atoms with Gasteiger partial charge in [-0.25, -0.2) is 4.79 Å². The van der Waals surface area contributed by atoms with Crippen LogP contribution in [0.3, 0.4) is 0 Å². The van der Waals surface area contributed by atoms with Gasteiger partial charge in [0.1, 0.15) is 12.1 Å². The number of ether oxygens (including phenoxy) is 1. The van der Waals surface area contributed by atoms with Gasteiger partial charge in [0.05, 0.1) is 0 Å². The summed E-state index contributed by atoms with van der Waals surface area (Å²) in [7, 11) is 0. The van der Waals surface area contributed by atoms with Gasteiger partial charge in [0.2, 0.25) is 5.91 Å². The van der Waals surface area contributed by atoms with Crippen LogP contribution in [0, 0.1) is 0 Å². The maximum absolute atomic E-state index is 12.5. The third kappa shape index (κ3) is 6.97. The van der Waals surface area contributed by atoms with Crippen LogP contribution >= 0.6 is 0 Å². The molecule has 0 aliphatic carbocycles. The van der Waals surface area contributed by atoms with Gasteiger partial charge in [0.25, 0.3) is 0 Å². The Balaban J connectivity index is 2.00. The quantitative estimate of drug-likeness (QED) is 0.860. The Hall–Kier alpha value is -2.82. The van der Waals surface area contributed by atoms with Crippen molar-refractivity contribution in [2.45, 2.75) is 39.5 Å². The Labute approximate surface area is 155 Å². The van der Waals surface area contributed by atoms with Gasteiger partial charge in [-0.1, -0.05) is 60.7 Å². The van der Waals surface area contributed by atoms with Crippen LogP contribution in [0.25, 0.3) is 0 Å². The van der Waals surface area contributed by atoms with Gasteiger partial charge in [-0.3, -0.25) is 9.69 Å². The molecule has 2 aromatic carbocycles. The summed E-state index contributed by atoms with van der Waals surface area (Å²) in [5, 5.41) is 2.84. The molecule has 0 unspecified atom stereocenters. The molecule has 0 radical (unpaired) electrons. The number of benzene rings is 2. The minimum absolute atomic E-state index is 0.0589. The summed E-state index contributed by atoms with van der Waals surface area (Å²) in [4.78, 5) is 26.2. The molecule has 0 bridgehead atoms. The molecule has 0 atom stereocenters. The lowest BCUT2D eigenvalue weighted by atomic mass is 10.2. The topological polar surface area (TPSA) is 58.6 Å². The molecule has 0 spiro atoms. The van der Waals surface area contributed by atoms with Crippen LogP contribution in [0.4, 0.5) is 4.79 Å². The van der Waals surface area contributed by atoms with Crippen LogP contribution in [-0.4, -0.2) is 29.0 Å². The monoisotopic (exact) mass is 354 g/mol. The lowest BCUT2D eigenvalue weighted by Gasteiger charge is -2.27. The van der Waals surface area contributed by atoms with Crippen molar-refractivity contribution in [1.29, 1.82) is 0 Å². The van der Waals surface area contributed by atoms with E-state index in [4.69, 9.17) is 4.74 Å². The Bertz CT molecular complexity index is 709. The predicted molar refractivity (Wildman–Crippen MR) is 101 cm³/mol. The zero-order chi connectivity index (χ0) is 19.0. The largest absolute Gasteiger partial charge is 0.444 e. The standard InChI is InChI=1S/C21H26N2O3/c1-21(2,3)26-20(25)23(15-18-12-8-5-9-13-18)16-19(24)22-14-17-10-6-4-7-11-17/h4-13H,14-16H2,1-3H3,(H,22,24). The molecule has 0 saturated heterocycles. The molecule has 5 nitrogen and oxygen atoms in total. The molecule has 2 aromatic rings. The molecule has 1 N–H and O–H groups in total. The minimum atomic E-state index is -0.619. The SMILES string of the molecule is CC(C)(C)OC(=O)N(CC(=O)NCc1ccccc1)Cc1ccccc1. The molecule has 0 heterocycles. The molecule has 0 fully saturated rings. The minimum Gasteiger partial charge on any atom is -0.444 e. The Kier molecular flexibility index (Phi) is 6.78. The van der Waals surface area contributed by atoms with Gasteiger partial charge in [-0.15, -0.1) is 0 Å². The molecule has 138 valence electrons. The van der Waals surface area contributed by atoms with Crippen LogP contribution in [0.1, 0.15) is 31.9 Å². The number of hydrogen-bond acceptors (Lipinski definition) is 3. The van der Waals surface area contributed by atoms with Crippen LogP contribution in [0.5, 0.6) is 0 Å². The van der Waals surface area contributed by atoms with Crippen molar-refractivity contribution in [3.05, 3.63) is 71.8 Å². The van der Waals surface area contributed by atoms with Crippen LogP contribution < -0.4 is 5.32 Å². The van der Waals surface area contributed by atoms with Crippen molar-refractivity contribution in [3.8, 4) is 0 Å². The fourth-order valence-corrected chi connectivity index (χ4v) is 2.34. The first-order valence-electron chi connectivity index (χ1n) is 8.66. The second-order valence-corrected chi connectivity index (χ2v) is 7.08. The van der Waals surface area contributed by atoms with Crippen LogP contribution in [0.2, 0.25) is 0 Å². The fraction of sp³-hybridized carbons (Fsp3) is 0.333. The first kappa shape index (κ1) is 19.5. The van der Waals surface area contributed by atoms with Crippen molar-refractivity contribution in [1.82, 2.24) is 10.2 Å². The highest BCUT2D eigenvalue weighted by atomic mass is 16.6. The van der Waals surface area contributed by atoms with Gasteiger partial charge in [-0.2, -0.15) is 0 Å². The van der Waals surface area contributed by atoms with Gasteiger partial charge in [0, 0.05) is 13.1 Å². The highest BCUT2D eigenvalue weighted by Crippen LogP contribution is 2.12. The normalized spacial score (nSPS) is 10.9. The van der Waals surface area contributed by atoms with Crippen molar-refractivity contribution in [3.63, 3.8) is 0 Å². The Morgan fingerprint density at radius 3 is 2.00 bits per heavy atom. The zero-order valence-electron chi connectivity index (χ0n) is 15.6. The molecule has 2 rings (SSSR count). The highest BCUT2D eigenvalue weighted by Gasteiger charge is 2.24. The maximum atomic E-state index is 12.5. The fourth-order valence-electron chi connectivity index (χ4n) is 2.34. The molecule has 26 heavy (non-hydrogen) atoms. The molecule has 0 aromatic heterocycles. The smallest absolute Gasteiger partial charge is 0.411 e. The second-order valence-electron chi connectivity index (χ2n) is 7.08. The zero-order valence-corrected chi connectivity index (χ0v) is 15.6. The molecular formula is C21H26N2O3. The summed E-state index contributed by atoms with van der Waals surface area (Å²) in [6.07, 6.45) is -0.504. The van der Waals surface area contributed by atoms with Gasteiger partial charge < -0.3 is 10.1 Å². The molecule has 5 heteroatoms. The van der Waals surface area contributed by atoms with Crippen molar-refractivity contribution in [2.24, 2.45) is 0 Å². The van der Waals surface area contributed by atoms with Crippen LogP contribution in [0.15, 0.2) is 60.7 Å². The van der Waals surface area contributed by atoms with E-state index >= 15 is 0 Å². The average molecular weight is 354 g/mol. The van der Waals surface area contributed by atoms with Crippen molar-refractivity contribution < 1.29 is 14.3 Å². The van der Waals surface area contributed by atoms with E-state index < -0.39 is 11.7 Å². The third-order valence-corrected chi connectivity index (χ3v) is 3.53. The van der Waals surface area contributed by atoms with E-state index in [9.17, 15) is 9.59 Å². The van der Waals surface area contributed by atoms with Crippen LogP contribution in [-0.2, 0) is 22.6 Å². The summed E-state index contributed by atoms with van der Waals surface area (Å²) in [5.41, 5.74) is 1.33. The number of rotatable bonds is 6. The van der Waals surface area contributed by atoms with E-state index in [2.05, 4.69) is 5.32 Å². The van der Waals surface area contributed by atoms with Gasteiger partial charge in [-0.05, 0) is 31.9 Å². The van der Waals surface area contributed by atoms with E-state index in [0.29, 0.717) is 13.1 Å². The molecule has 2 amide bonds. The molecule has 0 saturated carbocycles. The number of carbonyl (C=O) groups excluding carboxylic acids is 2. The first-order chi connectivity index (χ1) is 12.3. The average Bonchev–Trinajstić information content (AvgIpc) is 2.60. The van der Waals surface area contributed by atoms with Gasteiger partial charge >= 0.3 is 6.09 Å². The van der Waals surface area contributed by atoms with E-state index in [-0.39, 0.29) is 12.5 Å². The third-order valence-electron chi connectivity index (χ3n) is 3.53. The Morgan fingerprint density at radius 1 is 0.923 bits per heavy atom. The molecule has 0 aliphatic rings. The lowest BCUT2D eigenvalue weighted by molar-refractivity contribution is -0.122. The maximum Gasteiger partial charge on any atom is 0.411 e. The Morgan fingerprint density at radius 2 is 1.46 bits per heavy atom. The van der Waals surface area contributed by atoms with Crippen molar-refractivity contribution >= 4 is 12.0 Å². The summed E-state index contributed by atoms with van der Waals surface area (Å²) >= 11 is 0. The number of nitrogens with zero attached hydrogens (tertiary/aromatic N) is 1. The number of amides is 2. The number of nitrogens with one attached hydrogen (secondary N) is 1. The highest BCUT2D eigenvalue weighted by molar-refractivity contribution is 5.82. The van der Waals surface area contributed by atoms with Crippen molar-refractivity contribution in [2.75, 3.05) is 6.54 Å². The van der Waals surface area contributed by atoms with E-state index in [0.717, 1.165) is 11.1 Å². The summed E-state index contributed by atoms with van der Waals surface area (Å²) in [6.45, 7) is 6.10. The molecular weight excluding hydrogens is 328 g/mol. The van der Waals surface area contributed by atoms with Gasteiger partial charge in [0.15, 0.2) is 0 Å². The molecule has 0 aliphatic heterocycles. The second kappa shape index (κ2) is 9.04. The summed E-state index contributed by atoms with van der Waals surface area (Å²) in [6, 6.07) is 19.2. The first-order valence-corrected chi connectivity index (χ1v) is 8.66. The number of carbonyl (C=O) groups is 2. The summed E-state index contributed by atoms with van der Waals surface area (Å²) in [5.74, 6) is -0.226.